The van der Waals surface area contributed by atoms with E-state index in [9.17, 15) is 36.0 Å². The quantitative estimate of drug-likeness (QED) is 0.403. The summed E-state index contributed by atoms with van der Waals surface area (Å²) in [7, 11) is -3.77. The van der Waals surface area contributed by atoms with Gasteiger partial charge in [-0.25, -0.2) is 13.4 Å². The third-order valence-electron chi connectivity index (χ3n) is 6.46. The Kier molecular flexibility index (Phi) is 6.76. The van der Waals surface area contributed by atoms with Gasteiger partial charge in [0.2, 0.25) is 5.88 Å². The molecule has 1 atom stereocenters. The van der Waals surface area contributed by atoms with E-state index in [4.69, 9.17) is 16.3 Å². The monoisotopic (exact) mass is 543 g/mol. The summed E-state index contributed by atoms with van der Waals surface area (Å²) < 4.78 is 70.6. The molecule has 0 spiro atoms. The van der Waals surface area contributed by atoms with E-state index in [-0.39, 0.29) is 58.0 Å². The van der Waals surface area contributed by atoms with E-state index in [1.54, 1.807) is 0 Å². The molecule has 1 aromatic heterocycles. The second-order valence-corrected chi connectivity index (χ2v) is 11.4. The summed E-state index contributed by atoms with van der Waals surface area (Å²) in [5.41, 5.74) is -0.471. The topological polar surface area (TPSA) is 107 Å². The highest BCUT2D eigenvalue weighted by Gasteiger charge is 2.41. The zero-order chi connectivity index (χ0) is 26.6. The minimum absolute atomic E-state index is 0.0250. The van der Waals surface area contributed by atoms with Crippen LogP contribution in [0.4, 0.5) is 13.2 Å². The first-order valence-corrected chi connectivity index (χ1v) is 13.1. The average molecular weight is 544 g/mol. The lowest BCUT2D eigenvalue weighted by atomic mass is 9.79. The number of carbonyl (C=O) groups is 3. The van der Waals surface area contributed by atoms with E-state index in [1.807, 2.05) is 0 Å². The summed E-state index contributed by atoms with van der Waals surface area (Å²) in [6.07, 6.45) is -4.62. The highest BCUT2D eigenvalue weighted by atomic mass is 35.5. The number of sulfone groups is 1. The number of hydrogen-bond donors (Lipinski definition) is 0. The fourth-order valence-electron chi connectivity index (χ4n) is 4.76. The van der Waals surface area contributed by atoms with E-state index in [2.05, 4.69) is 4.98 Å². The molecule has 1 aliphatic heterocycles. The van der Waals surface area contributed by atoms with Crippen LogP contribution in [0.3, 0.4) is 0 Å². The van der Waals surface area contributed by atoms with Crippen molar-refractivity contribution in [3.63, 3.8) is 0 Å². The van der Waals surface area contributed by atoms with E-state index in [0.717, 1.165) is 0 Å². The van der Waals surface area contributed by atoms with Crippen LogP contribution < -0.4 is 4.74 Å². The number of alkyl halides is 3. The number of Topliss-reactive ketones (excluding diaryl/α,β-unsaturated/α-hetero) is 3. The lowest BCUT2D eigenvalue weighted by Gasteiger charge is -2.30. The summed E-state index contributed by atoms with van der Waals surface area (Å²) in [6.45, 7) is 2.98. The Bertz CT molecular complexity index is 1390. The van der Waals surface area contributed by atoms with Crippen LogP contribution in [-0.4, -0.2) is 36.5 Å². The molecule has 1 aliphatic carbocycles. The van der Waals surface area contributed by atoms with Crippen molar-refractivity contribution in [2.24, 2.45) is 5.92 Å². The van der Waals surface area contributed by atoms with Gasteiger partial charge in [0, 0.05) is 36.6 Å². The number of halogens is 4. The summed E-state index contributed by atoms with van der Waals surface area (Å²) in [5.74, 6) is -3.75. The number of hydrogen-bond acceptors (Lipinski definition) is 7. The van der Waals surface area contributed by atoms with Crippen molar-refractivity contribution in [3.8, 4) is 5.88 Å². The van der Waals surface area contributed by atoms with Crippen molar-refractivity contribution in [1.29, 1.82) is 0 Å². The third-order valence-corrected chi connectivity index (χ3v) is 8.67. The summed E-state index contributed by atoms with van der Waals surface area (Å²) in [6, 6.07) is 2.01. The van der Waals surface area contributed by atoms with Crippen molar-refractivity contribution in [2.75, 3.05) is 5.75 Å². The third kappa shape index (κ3) is 4.66. The number of ether oxygens (including phenoxy) is 1. The summed E-state index contributed by atoms with van der Waals surface area (Å²) in [5, 5.41) is -0.417. The Morgan fingerprint density at radius 3 is 2.36 bits per heavy atom. The molecule has 0 amide bonds. The number of carbonyl (C=O) groups excluding carboxylic acids is 3. The molecule has 7 nitrogen and oxygen atoms in total. The number of benzene rings is 1. The van der Waals surface area contributed by atoms with Gasteiger partial charge in [-0.15, -0.1) is 0 Å². The first kappa shape index (κ1) is 26.3. The molecule has 2 heterocycles. The lowest BCUT2D eigenvalue weighted by Crippen LogP contribution is -2.36. The highest BCUT2D eigenvalue weighted by molar-refractivity contribution is 7.91. The van der Waals surface area contributed by atoms with Gasteiger partial charge in [-0.05, 0) is 43.5 Å². The molecule has 1 fully saturated rings. The SMILES string of the molecule is Cc1cc(C(=O)C2C(=O)CCCC2=O)c(C)c2c1S(=O)(=O)CCC2Oc1ncc(C(F)(F)F)cc1Cl. The maximum absolute atomic E-state index is 13.3. The molecule has 1 unspecified atom stereocenters. The molecule has 36 heavy (non-hydrogen) atoms. The second kappa shape index (κ2) is 9.26. The van der Waals surface area contributed by atoms with Gasteiger partial charge in [-0.2, -0.15) is 13.2 Å². The number of nitrogens with zero attached hydrogens (tertiary/aromatic N) is 1. The van der Waals surface area contributed by atoms with Crippen molar-refractivity contribution in [2.45, 2.75) is 56.7 Å². The Labute approximate surface area is 209 Å². The van der Waals surface area contributed by atoms with E-state index in [0.29, 0.717) is 18.7 Å². The number of aromatic nitrogens is 1. The van der Waals surface area contributed by atoms with E-state index in [1.165, 1.54) is 19.9 Å². The zero-order valence-corrected chi connectivity index (χ0v) is 20.8. The number of pyridine rings is 1. The van der Waals surface area contributed by atoms with E-state index < -0.39 is 56.0 Å². The fourth-order valence-corrected chi connectivity index (χ4v) is 6.86. The molecule has 2 aliphatic rings. The first-order valence-electron chi connectivity index (χ1n) is 11.1. The summed E-state index contributed by atoms with van der Waals surface area (Å²) >= 11 is 5.99. The second-order valence-electron chi connectivity index (χ2n) is 8.92. The van der Waals surface area contributed by atoms with Gasteiger partial charge in [0.05, 0.1) is 16.2 Å². The van der Waals surface area contributed by atoms with Gasteiger partial charge in [0.1, 0.15) is 17.0 Å². The van der Waals surface area contributed by atoms with Crippen LogP contribution in [0.2, 0.25) is 5.02 Å². The Balaban J connectivity index is 1.81. The van der Waals surface area contributed by atoms with Crippen molar-refractivity contribution in [1.82, 2.24) is 4.98 Å². The molecular weight excluding hydrogens is 523 g/mol. The van der Waals surface area contributed by atoms with Crippen LogP contribution in [0.25, 0.3) is 0 Å². The molecule has 192 valence electrons. The Morgan fingerprint density at radius 1 is 1.14 bits per heavy atom. The molecule has 1 saturated carbocycles. The van der Waals surface area contributed by atoms with Crippen LogP contribution in [0.15, 0.2) is 23.2 Å². The van der Waals surface area contributed by atoms with Crippen molar-refractivity contribution < 1.29 is 40.7 Å². The van der Waals surface area contributed by atoms with Gasteiger partial charge < -0.3 is 4.74 Å². The zero-order valence-electron chi connectivity index (χ0n) is 19.2. The van der Waals surface area contributed by atoms with Crippen LogP contribution >= 0.6 is 11.6 Å². The number of fused-ring (bicyclic) bond motifs is 1. The predicted octanol–water partition coefficient (Wildman–Crippen LogP) is 4.79. The predicted molar refractivity (Wildman–Crippen MR) is 122 cm³/mol. The molecular formula is C24H21ClF3NO6S. The fraction of sp³-hybridized carbons (Fsp3) is 0.417. The highest BCUT2D eigenvalue weighted by Crippen LogP contribution is 2.42. The Hall–Kier alpha value is -2.79. The molecule has 0 bridgehead atoms. The van der Waals surface area contributed by atoms with Crippen LogP contribution in [0.5, 0.6) is 5.88 Å². The van der Waals surface area contributed by atoms with Gasteiger partial charge in [-0.1, -0.05) is 11.6 Å². The van der Waals surface area contributed by atoms with Crippen LogP contribution in [0, 0.1) is 19.8 Å². The van der Waals surface area contributed by atoms with Gasteiger partial charge in [0.25, 0.3) is 0 Å². The molecule has 1 aromatic carbocycles. The van der Waals surface area contributed by atoms with Crippen LogP contribution in [-0.2, 0) is 25.6 Å². The van der Waals surface area contributed by atoms with Crippen molar-refractivity contribution in [3.05, 3.63) is 51.2 Å². The Morgan fingerprint density at radius 2 is 1.78 bits per heavy atom. The minimum Gasteiger partial charge on any atom is -0.468 e. The lowest BCUT2D eigenvalue weighted by molar-refractivity contribution is -0.138. The molecule has 12 heteroatoms. The normalized spacial score (nSPS) is 20.2. The number of ketones is 3. The average Bonchev–Trinajstić information content (AvgIpc) is 2.77. The number of rotatable bonds is 4. The van der Waals surface area contributed by atoms with Gasteiger partial charge in [-0.3, -0.25) is 14.4 Å². The first-order chi connectivity index (χ1) is 16.7. The minimum atomic E-state index is -4.67. The largest absolute Gasteiger partial charge is 0.468 e. The maximum atomic E-state index is 13.3. The molecule has 0 N–H and O–H groups in total. The standard InChI is InChI=1S/C24H21ClF3NO6S/c1-11-8-14(21(32)20-16(30)4-3-5-17(20)31)12(2)19-18(6-7-36(33,34)22(11)19)35-23-15(25)9-13(10-29-23)24(26,27)28/h8-10,18,20H,3-7H2,1-2H3. The molecule has 0 saturated heterocycles. The number of aryl methyl sites for hydroxylation is 1. The van der Waals surface area contributed by atoms with Crippen LogP contribution in [0.1, 0.15) is 64.4 Å². The van der Waals surface area contributed by atoms with Gasteiger partial charge >= 0.3 is 6.18 Å². The maximum Gasteiger partial charge on any atom is 0.417 e. The van der Waals surface area contributed by atoms with E-state index >= 15 is 0 Å². The molecule has 4 rings (SSSR count). The smallest absolute Gasteiger partial charge is 0.417 e. The van der Waals surface area contributed by atoms with Gasteiger partial charge in [0.15, 0.2) is 27.2 Å². The summed E-state index contributed by atoms with van der Waals surface area (Å²) in [4.78, 5) is 41.7. The molecule has 0 radical (unpaired) electrons. The van der Waals surface area contributed by atoms with Crippen molar-refractivity contribution >= 4 is 38.8 Å². The molecule has 2 aromatic rings.